The normalized spacial score (nSPS) is 12.1. The van der Waals surface area contributed by atoms with E-state index in [0.29, 0.717) is 37.3 Å². The van der Waals surface area contributed by atoms with Gasteiger partial charge in [-0.15, -0.1) is 0 Å². The van der Waals surface area contributed by atoms with E-state index in [9.17, 15) is 13.5 Å². The minimum Gasteiger partial charge on any atom is -0.396 e. The number of aliphatic hydroxyl groups is 1. The van der Waals surface area contributed by atoms with Crippen molar-refractivity contribution in [3.8, 4) is 11.1 Å². The van der Waals surface area contributed by atoms with Gasteiger partial charge in [0.05, 0.1) is 23.9 Å². The second kappa shape index (κ2) is 9.19. The number of pyridine rings is 2. The first-order chi connectivity index (χ1) is 15.4. The molecule has 0 radical (unpaired) electrons. The van der Waals surface area contributed by atoms with Gasteiger partial charge in [0.2, 0.25) is 10.0 Å². The first-order valence-electron chi connectivity index (χ1n) is 10.4. The Morgan fingerprint density at radius 1 is 1.16 bits per heavy atom. The molecule has 0 fully saturated rings. The van der Waals surface area contributed by atoms with Crippen LogP contribution in [0.15, 0.2) is 42.7 Å². The second-order valence-electron chi connectivity index (χ2n) is 7.69. The third kappa shape index (κ3) is 4.72. The van der Waals surface area contributed by atoms with Gasteiger partial charge in [-0.3, -0.25) is 4.98 Å². The maximum absolute atomic E-state index is 11.3. The molecule has 9 nitrogen and oxygen atoms in total. The van der Waals surface area contributed by atoms with Crippen LogP contribution >= 0.6 is 0 Å². The molecule has 10 heteroatoms. The molecule has 0 spiro atoms. The average Bonchev–Trinajstić information content (AvgIpc) is 3.12. The Morgan fingerprint density at radius 2 is 2.00 bits per heavy atom. The molecule has 0 amide bonds. The van der Waals surface area contributed by atoms with Gasteiger partial charge in [0, 0.05) is 42.9 Å². The summed E-state index contributed by atoms with van der Waals surface area (Å²) in [4.78, 5) is 13.4. The van der Waals surface area contributed by atoms with Crippen LogP contribution in [-0.4, -0.2) is 52.5 Å². The maximum atomic E-state index is 11.3. The molecular formula is C22H26N6O3S. The van der Waals surface area contributed by atoms with Crippen LogP contribution in [0.1, 0.15) is 18.7 Å². The molecule has 168 valence electrons. The topological polar surface area (TPSA) is 136 Å². The number of anilines is 1. The first-order valence-corrected chi connectivity index (χ1v) is 12.3. The summed E-state index contributed by atoms with van der Waals surface area (Å²) in [6, 6.07) is 9.90. The SMILES string of the molecule is CS(=O)(=O)NCCCCn1c(CCO)nc2c(N)nc3cc(-c4cccnc4)ccc3c21. The largest absolute Gasteiger partial charge is 0.396 e. The number of hydrogen-bond acceptors (Lipinski definition) is 7. The van der Waals surface area contributed by atoms with Crippen molar-refractivity contribution in [1.82, 2.24) is 24.2 Å². The molecule has 32 heavy (non-hydrogen) atoms. The lowest BCUT2D eigenvalue weighted by Crippen LogP contribution is -2.23. The van der Waals surface area contributed by atoms with E-state index in [-0.39, 0.29) is 6.61 Å². The molecule has 0 aliphatic rings. The molecule has 1 aromatic carbocycles. The highest BCUT2D eigenvalue weighted by atomic mass is 32.2. The molecule has 3 aromatic heterocycles. The van der Waals surface area contributed by atoms with Gasteiger partial charge < -0.3 is 15.4 Å². The number of nitrogen functional groups attached to an aromatic ring is 1. The molecule has 0 aliphatic carbocycles. The van der Waals surface area contributed by atoms with Crippen LogP contribution in [0, 0.1) is 0 Å². The van der Waals surface area contributed by atoms with Gasteiger partial charge in [-0.25, -0.2) is 23.1 Å². The van der Waals surface area contributed by atoms with Crippen molar-refractivity contribution in [3.05, 3.63) is 48.5 Å². The number of unbranched alkanes of at least 4 members (excludes halogenated alkanes) is 1. The van der Waals surface area contributed by atoms with Gasteiger partial charge in [-0.1, -0.05) is 18.2 Å². The highest BCUT2D eigenvalue weighted by molar-refractivity contribution is 7.88. The van der Waals surface area contributed by atoms with Crippen molar-refractivity contribution in [3.63, 3.8) is 0 Å². The van der Waals surface area contributed by atoms with E-state index in [1.807, 2.05) is 30.3 Å². The molecule has 4 N–H and O–H groups in total. The van der Waals surface area contributed by atoms with Crippen LogP contribution in [0.25, 0.3) is 33.1 Å². The molecule has 4 rings (SSSR count). The minimum absolute atomic E-state index is 0.0324. The van der Waals surface area contributed by atoms with E-state index in [1.165, 1.54) is 0 Å². The fourth-order valence-electron chi connectivity index (χ4n) is 3.86. The number of nitrogens with one attached hydrogen (secondary N) is 1. The van der Waals surface area contributed by atoms with Crippen LogP contribution in [-0.2, 0) is 23.0 Å². The zero-order valence-corrected chi connectivity index (χ0v) is 18.6. The molecule has 0 unspecified atom stereocenters. The van der Waals surface area contributed by atoms with Crippen LogP contribution < -0.4 is 10.5 Å². The predicted molar refractivity (Wildman–Crippen MR) is 126 cm³/mol. The number of aromatic nitrogens is 4. The third-order valence-electron chi connectivity index (χ3n) is 5.29. The fourth-order valence-corrected chi connectivity index (χ4v) is 4.37. The molecule has 4 aromatic rings. The number of aliphatic hydroxyl groups excluding tert-OH is 1. The molecule has 0 saturated heterocycles. The zero-order valence-electron chi connectivity index (χ0n) is 17.8. The van der Waals surface area contributed by atoms with Gasteiger partial charge in [-0.2, -0.15) is 0 Å². The summed E-state index contributed by atoms with van der Waals surface area (Å²) < 4.78 is 27.1. The van der Waals surface area contributed by atoms with E-state index < -0.39 is 10.0 Å². The van der Waals surface area contributed by atoms with Gasteiger partial charge in [0.25, 0.3) is 0 Å². The van der Waals surface area contributed by atoms with Crippen molar-refractivity contribution >= 4 is 37.8 Å². The summed E-state index contributed by atoms with van der Waals surface area (Å²) in [7, 11) is -3.20. The molecule has 0 saturated carbocycles. The molecular weight excluding hydrogens is 428 g/mol. The van der Waals surface area contributed by atoms with Crippen LogP contribution in [0.2, 0.25) is 0 Å². The van der Waals surface area contributed by atoms with Crippen LogP contribution in [0.4, 0.5) is 5.82 Å². The van der Waals surface area contributed by atoms with E-state index in [2.05, 4.69) is 24.2 Å². The van der Waals surface area contributed by atoms with E-state index in [0.717, 1.165) is 46.0 Å². The number of benzene rings is 1. The number of imidazole rings is 1. The Balaban J connectivity index is 1.74. The van der Waals surface area contributed by atoms with Crippen molar-refractivity contribution in [2.45, 2.75) is 25.8 Å². The highest BCUT2D eigenvalue weighted by Crippen LogP contribution is 2.32. The van der Waals surface area contributed by atoms with Gasteiger partial charge in [-0.05, 0) is 30.5 Å². The maximum Gasteiger partial charge on any atom is 0.208 e. The number of hydrogen-bond donors (Lipinski definition) is 3. The Morgan fingerprint density at radius 3 is 2.72 bits per heavy atom. The highest BCUT2D eigenvalue weighted by Gasteiger charge is 2.17. The van der Waals surface area contributed by atoms with E-state index >= 15 is 0 Å². The second-order valence-corrected chi connectivity index (χ2v) is 9.53. The predicted octanol–water partition coefficient (Wildman–Crippen LogP) is 2.09. The Hall–Kier alpha value is -3.08. The minimum atomic E-state index is -3.20. The van der Waals surface area contributed by atoms with Crippen LogP contribution in [0.5, 0.6) is 0 Å². The summed E-state index contributed by atoms with van der Waals surface area (Å²) in [6.45, 7) is 0.968. The van der Waals surface area contributed by atoms with E-state index in [1.54, 1.807) is 12.4 Å². The Kier molecular flexibility index (Phi) is 6.35. The number of nitrogens with zero attached hydrogens (tertiary/aromatic N) is 4. The summed E-state index contributed by atoms with van der Waals surface area (Å²) in [5.74, 6) is 1.07. The van der Waals surface area contributed by atoms with Crippen molar-refractivity contribution in [2.75, 3.05) is 25.1 Å². The molecule has 0 bridgehead atoms. The van der Waals surface area contributed by atoms with Crippen molar-refractivity contribution < 1.29 is 13.5 Å². The lowest BCUT2D eigenvalue weighted by Gasteiger charge is -2.11. The van der Waals surface area contributed by atoms with Gasteiger partial charge >= 0.3 is 0 Å². The van der Waals surface area contributed by atoms with Crippen molar-refractivity contribution in [1.29, 1.82) is 0 Å². The number of sulfonamides is 1. The van der Waals surface area contributed by atoms with Gasteiger partial charge in [0.1, 0.15) is 11.3 Å². The summed E-state index contributed by atoms with van der Waals surface area (Å²) >= 11 is 0. The van der Waals surface area contributed by atoms with Crippen molar-refractivity contribution in [2.24, 2.45) is 0 Å². The smallest absolute Gasteiger partial charge is 0.208 e. The van der Waals surface area contributed by atoms with E-state index in [4.69, 9.17) is 5.73 Å². The summed E-state index contributed by atoms with van der Waals surface area (Å²) in [5, 5.41) is 10.5. The quantitative estimate of drug-likeness (QED) is 0.329. The summed E-state index contributed by atoms with van der Waals surface area (Å²) in [5.41, 5.74) is 10.5. The summed E-state index contributed by atoms with van der Waals surface area (Å²) in [6.07, 6.45) is 6.50. The van der Waals surface area contributed by atoms with Gasteiger partial charge in [0.15, 0.2) is 5.82 Å². The number of nitrogens with two attached hydrogens (primary N) is 1. The average molecular weight is 455 g/mol. The Labute approximate surface area is 186 Å². The molecule has 0 atom stereocenters. The number of fused-ring (bicyclic) bond motifs is 3. The lowest BCUT2D eigenvalue weighted by atomic mass is 10.0. The number of rotatable bonds is 9. The first kappa shape index (κ1) is 22.1. The Bertz CT molecular complexity index is 1350. The van der Waals surface area contributed by atoms with Crippen LogP contribution in [0.3, 0.4) is 0 Å². The standard InChI is InChI=1S/C22H26N6O3S/c1-32(30,31)25-10-2-3-11-28-19(8-12-29)27-20-21(28)17-7-6-15(13-18(17)26-22(20)23)16-5-4-9-24-14-16/h4-7,9,13-14,25,29H,2-3,8,10-12H2,1H3,(H2,23,26). The third-order valence-corrected chi connectivity index (χ3v) is 6.01. The number of aryl methyl sites for hydroxylation is 1. The monoisotopic (exact) mass is 454 g/mol. The fraction of sp³-hybridized carbons (Fsp3) is 0.318. The molecule has 0 aliphatic heterocycles. The lowest BCUT2D eigenvalue weighted by molar-refractivity contribution is 0.294. The molecule has 3 heterocycles. The zero-order chi connectivity index (χ0) is 22.7.